The van der Waals surface area contributed by atoms with E-state index in [4.69, 9.17) is 4.42 Å². The first-order chi connectivity index (χ1) is 9.31. The number of hydrogen-bond acceptors (Lipinski definition) is 4. The van der Waals surface area contributed by atoms with Crippen molar-refractivity contribution in [2.75, 3.05) is 26.7 Å². The molecule has 1 fully saturated rings. The third-order valence-electron chi connectivity index (χ3n) is 3.88. The zero-order valence-corrected chi connectivity index (χ0v) is 11.4. The summed E-state index contributed by atoms with van der Waals surface area (Å²) in [7, 11) is 2.20. The van der Waals surface area contributed by atoms with Gasteiger partial charge in [0.1, 0.15) is 5.52 Å². The molecular formula is C15H21N3O. The van der Waals surface area contributed by atoms with Gasteiger partial charge >= 0.3 is 0 Å². The lowest BCUT2D eigenvalue weighted by atomic mass is 9.97. The van der Waals surface area contributed by atoms with Gasteiger partial charge in [0.2, 0.25) is 0 Å². The fraction of sp³-hybridized carbons (Fsp3) is 0.533. The molecule has 0 spiro atoms. The smallest absolute Gasteiger partial charge is 0.181 e. The maximum atomic E-state index is 5.35. The highest BCUT2D eigenvalue weighted by Gasteiger charge is 2.15. The second-order valence-corrected chi connectivity index (χ2v) is 5.54. The van der Waals surface area contributed by atoms with Crippen molar-refractivity contribution in [3.05, 3.63) is 30.2 Å². The van der Waals surface area contributed by atoms with Crippen LogP contribution in [-0.2, 0) is 6.54 Å². The van der Waals surface area contributed by atoms with Crippen LogP contribution in [0.25, 0.3) is 11.1 Å². The second-order valence-electron chi connectivity index (χ2n) is 5.54. The van der Waals surface area contributed by atoms with Crippen LogP contribution in [0, 0.1) is 5.92 Å². The third-order valence-corrected chi connectivity index (χ3v) is 3.88. The Kier molecular flexibility index (Phi) is 3.80. The Balaban J connectivity index is 1.59. The van der Waals surface area contributed by atoms with Gasteiger partial charge in [-0.15, -0.1) is 0 Å². The topological polar surface area (TPSA) is 41.3 Å². The highest BCUT2D eigenvalue weighted by molar-refractivity contribution is 5.72. The lowest BCUT2D eigenvalue weighted by molar-refractivity contribution is 0.234. The van der Waals surface area contributed by atoms with E-state index >= 15 is 0 Å². The van der Waals surface area contributed by atoms with Crippen molar-refractivity contribution in [3.63, 3.8) is 0 Å². The first kappa shape index (κ1) is 12.6. The van der Waals surface area contributed by atoms with E-state index in [1.807, 2.05) is 6.07 Å². The summed E-state index contributed by atoms with van der Waals surface area (Å²) in [5, 5.41) is 3.42. The molecule has 0 radical (unpaired) electrons. The molecule has 2 aromatic rings. The Labute approximate surface area is 113 Å². The minimum absolute atomic E-state index is 0.834. The quantitative estimate of drug-likeness (QED) is 0.914. The van der Waals surface area contributed by atoms with Crippen molar-refractivity contribution in [2.24, 2.45) is 5.92 Å². The molecule has 2 heterocycles. The molecule has 0 aliphatic carbocycles. The lowest BCUT2D eigenvalue weighted by Crippen LogP contribution is -2.34. The average Bonchev–Trinajstić information content (AvgIpc) is 2.87. The number of hydrogen-bond donors (Lipinski definition) is 1. The van der Waals surface area contributed by atoms with E-state index in [1.165, 1.54) is 44.4 Å². The molecule has 4 nitrogen and oxygen atoms in total. The Morgan fingerprint density at radius 2 is 2.21 bits per heavy atom. The molecule has 1 aliphatic rings. The van der Waals surface area contributed by atoms with Crippen LogP contribution in [0.1, 0.15) is 18.4 Å². The van der Waals surface area contributed by atoms with Gasteiger partial charge in [-0.25, -0.2) is 4.98 Å². The number of rotatable bonds is 4. The summed E-state index contributed by atoms with van der Waals surface area (Å²) in [6, 6.07) is 6.28. The predicted molar refractivity (Wildman–Crippen MR) is 75.9 cm³/mol. The zero-order chi connectivity index (χ0) is 13.1. The summed E-state index contributed by atoms with van der Waals surface area (Å²) < 4.78 is 5.35. The van der Waals surface area contributed by atoms with Crippen LogP contribution in [0.3, 0.4) is 0 Å². The van der Waals surface area contributed by atoms with Gasteiger partial charge in [-0.3, -0.25) is 0 Å². The van der Waals surface area contributed by atoms with Crippen LogP contribution < -0.4 is 5.32 Å². The number of oxazole rings is 1. The molecule has 0 unspecified atom stereocenters. The second kappa shape index (κ2) is 5.72. The third kappa shape index (κ3) is 3.14. The Morgan fingerprint density at radius 3 is 3.05 bits per heavy atom. The molecule has 1 aromatic heterocycles. The molecule has 1 N–H and O–H groups in total. The fourth-order valence-electron chi connectivity index (χ4n) is 2.88. The average molecular weight is 259 g/mol. The highest BCUT2D eigenvalue weighted by Crippen LogP contribution is 2.17. The van der Waals surface area contributed by atoms with Crippen molar-refractivity contribution in [1.82, 2.24) is 15.2 Å². The van der Waals surface area contributed by atoms with Gasteiger partial charge in [0.05, 0.1) is 0 Å². The summed E-state index contributed by atoms with van der Waals surface area (Å²) in [5.74, 6) is 0.834. The van der Waals surface area contributed by atoms with E-state index in [1.54, 1.807) is 0 Å². The summed E-state index contributed by atoms with van der Waals surface area (Å²) in [6.07, 6.45) is 4.10. The van der Waals surface area contributed by atoms with Crippen molar-refractivity contribution < 1.29 is 4.42 Å². The van der Waals surface area contributed by atoms with Gasteiger partial charge in [0.15, 0.2) is 12.0 Å². The summed E-state index contributed by atoms with van der Waals surface area (Å²) in [4.78, 5) is 6.56. The molecule has 19 heavy (non-hydrogen) atoms. The zero-order valence-electron chi connectivity index (χ0n) is 11.4. The van der Waals surface area contributed by atoms with Gasteiger partial charge in [-0.05, 0) is 56.6 Å². The van der Waals surface area contributed by atoms with E-state index in [2.05, 4.69) is 34.4 Å². The Morgan fingerprint density at radius 1 is 1.37 bits per heavy atom. The van der Waals surface area contributed by atoms with Gasteiger partial charge < -0.3 is 14.6 Å². The van der Waals surface area contributed by atoms with E-state index in [-0.39, 0.29) is 0 Å². The lowest BCUT2D eigenvalue weighted by Gasteiger charge is -2.27. The predicted octanol–water partition coefficient (Wildman–Crippen LogP) is 2.26. The van der Waals surface area contributed by atoms with Gasteiger partial charge in [0, 0.05) is 13.1 Å². The molecule has 1 aliphatic heterocycles. The molecule has 4 heteroatoms. The molecule has 3 rings (SSSR count). The summed E-state index contributed by atoms with van der Waals surface area (Å²) in [6.45, 7) is 4.49. The first-order valence-corrected chi connectivity index (χ1v) is 7.02. The molecule has 0 bridgehead atoms. The molecule has 1 saturated heterocycles. The minimum atomic E-state index is 0.834. The van der Waals surface area contributed by atoms with E-state index < -0.39 is 0 Å². The van der Waals surface area contributed by atoms with E-state index in [0.29, 0.717) is 0 Å². The molecule has 102 valence electrons. The van der Waals surface area contributed by atoms with Crippen LogP contribution in [0.5, 0.6) is 0 Å². The molecular weight excluding hydrogens is 238 g/mol. The van der Waals surface area contributed by atoms with Crippen LogP contribution in [-0.4, -0.2) is 36.6 Å². The summed E-state index contributed by atoms with van der Waals surface area (Å²) >= 11 is 0. The molecule has 0 atom stereocenters. The van der Waals surface area contributed by atoms with E-state index in [0.717, 1.165) is 23.6 Å². The van der Waals surface area contributed by atoms with Crippen LogP contribution in [0.15, 0.2) is 29.0 Å². The number of nitrogens with zero attached hydrogens (tertiary/aromatic N) is 2. The maximum absolute atomic E-state index is 5.35. The number of fused-ring (bicyclic) bond motifs is 1. The first-order valence-electron chi connectivity index (χ1n) is 7.02. The number of aromatic nitrogens is 1. The SMILES string of the molecule is CN(Cc1ccc2ncoc2c1)CC1CCNCC1. The van der Waals surface area contributed by atoms with Crippen LogP contribution in [0.4, 0.5) is 0 Å². The standard InChI is InChI=1S/C15H21N3O/c1-18(9-12-4-6-16-7-5-12)10-13-2-3-14-15(8-13)19-11-17-14/h2-3,8,11-12,16H,4-7,9-10H2,1H3. The number of nitrogens with one attached hydrogen (secondary N) is 1. The number of benzene rings is 1. The largest absolute Gasteiger partial charge is 0.443 e. The minimum Gasteiger partial charge on any atom is -0.443 e. The van der Waals surface area contributed by atoms with Gasteiger partial charge in [-0.1, -0.05) is 6.07 Å². The fourth-order valence-corrected chi connectivity index (χ4v) is 2.88. The maximum Gasteiger partial charge on any atom is 0.181 e. The Hall–Kier alpha value is -1.39. The molecule has 0 saturated carbocycles. The van der Waals surface area contributed by atoms with Crippen LogP contribution >= 0.6 is 0 Å². The van der Waals surface area contributed by atoms with Crippen LogP contribution in [0.2, 0.25) is 0 Å². The highest BCUT2D eigenvalue weighted by atomic mass is 16.3. The Bertz CT molecular complexity index is 531. The molecule has 1 aromatic carbocycles. The van der Waals surface area contributed by atoms with Gasteiger partial charge in [-0.2, -0.15) is 0 Å². The monoisotopic (exact) mass is 259 g/mol. The number of piperidine rings is 1. The van der Waals surface area contributed by atoms with Crippen molar-refractivity contribution in [1.29, 1.82) is 0 Å². The molecule has 0 amide bonds. The van der Waals surface area contributed by atoms with Gasteiger partial charge in [0.25, 0.3) is 0 Å². The van der Waals surface area contributed by atoms with Crippen molar-refractivity contribution >= 4 is 11.1 Å². The normalized spacial score (nSPS) is 17.4. The van der Waals surface area contributed by atoms with E-state index in [9.17, 15) is 0 Å². The van der Waals surface area contributed by atoms with Crippen molar-refractivity contribution in [2.45, 2.75) is 19.4 Å². The summed E-state index contributed by atoms with van der Waals surface area (Å²) in [5.41, 5.74) is 3.11. The van der Waals surface area contributed by atoms with Crippen molar-refractivity contribution in [3.8, 4) is 0 Å².